The van der Waals surface area contributed by atoms with Crippen LogP contribution >= 0.6 is 0 Å². The van der Waals surface area contributed by atoms with Gasteiger partial charge in [0.05, 0.1) is 6.61 Å². The van der Waals surface area contributed by atoms with Crippen LogP contribution in [0.5, 0.6) is 0 Å². The summed E-state index contributed by atoms with van der Waals surface area (Å²) in [7, 11) is 1.89. The normalized spacial score (nSPS) is 12.5. The Hall–Kier alpha value is -1.13. The molecule has 0 radical (unpaired) electrons. The van der Waals surface area contributed by atoms with Crippen LogP contribution in [0, 0.1) is 12.7 Å². The number of anilines is 1. The standard InChI is InChI=1S/C16H27FN2O/c1-6-19(8-9-20-7-2)16-10-12(3)15(17)11-14(16)13(4)18-5/h10-11,13,18H,6-9H2,1-5H3. The van der Waals surface area contributed by atoms with E-state index in [0.29, 0.717) is 12.2 Å². The van der Waals surface area contributed by atoms with Crippen molar-refractivity contribution in [2.45, 2.75) is 33.7 Å². The zero-order chi connectivity index (χ0) is 15.1. The van der Waals surface area contributed by atoms with Crippen molar-refractivity contribution in [3.05, 3.63) is 29.1 Å². The second kappa shape index (κ2) is 8.22. The molecule has 0 aliphatic heterocycles. The summed E-state index contributed by atoms with van der Waals surface area (Å²) in [6.07, 6.45) is 0. The molecule has 0 spiro atoms. The molecule has 1 aromatic rings. The third-order valence-electron chi connectivity index (χ3n) is 3.64. The van der Waals surface area contributed by atoms with E-state index in [0.717, 1.165) is 30.9 Å². The molecule has 1 rings (SSSR count). The Morgan fingerprint density at radius 2 is 2.05 bits per heavy atom. The van der Waals surface area contributed by atoms with Crippen molar-refractivity contribution in [2.75, 3.05) is 38.3 Å². The van der Waals surface area contributed by atoms with Gasteiger partial charge in [0.1, 0.15) is 5.82 Å². The largest absolute Gasteiger partial charge is 0.380 e. The van der Waals surface area contributed by atoms with Gasteiger partial charge in [-0.15, -0.1) is 0 Å². The number of ether oxygens (including phenoxy) is 1. The van der Waals surface area contributed by atoms with Gasteiger partial charge in [0.15, 0.2) is 0 Å². The first-order chi connectivity index (χ1) is 9.54. The van der Waals surface area contributed by atoms with Gasteiger partial charge in [0, 0.05) is 31.4 Å². The van der Waals surface area contributed by atoms with E-state index in [-0.39, 0.29) is 11.9 Å². The van der Waals surface area contributed by atoms with E-state index in [1.165, 1.54) is 0 Å². The second-order valence-corrected chi connectivity index (χ2v) is 4.95. The summed E-state index contributed by atoms with van der Waals surface area (Å²) in [6.45, 7) is 11.1. The van der Waals surface area contributed by atoms with Crippen molar-refractivity contribution in [1.29, 1.82) is 0 Å². The predicted octanol–water partition coefficient (Wildman–Crippen LogP) is 3.28. The highest BCUT2D eigenvalue weighted by molar-refractivity contribution is 5.57. The number of hydrogen-bond acceptors (Lipinski definition) is 3. The summed E-state index contributed by atoms with van der Waals surface area (Å²) >= 11 is 0. The fourth-order valence-electron chi connectivity index (χ4n) is 2.23. The van der Waals surface area contributed by atoms with Crippen LogP contribution in [0.3, 0.4) is 0 Å². The molecule has 114 valence electrons. The van der Waals surface area contributed by atoms with Crippen LogP contribution in [0.2, 0.25) is 0 Å². The van der Waals surface area contributed by atoms with Crippen LogP contribution in [-0.2, 0) is 4.74 Å². The Morgan fingerprint density at radius 1 is 1.35 bits per heavy atom. The summed E-state index contributed by atoms with van der Waals surface area (Å²) in [5.74, 6) is -0.147. The Kier molecular flexibility index (Phi) is 6.96. The summed E-state index contributed by atoms with van der Waals surface area (Å²) in [6, 6.07) is 3.70. The van der Waals surface area contributed by atoms with E-state index >= 15 is 0 Å². The molecule has 0 amide bonds. The van der Waals surface area contributed by atoms with Crippen molar-refractivity contribution in [3.63, 3.8) is 0 Å². The van der Waals surface area contributed by atoms with Crippen molar-refractivity contribution < 1.29 is 9.13 Å². The first-order valence-electron chi connectivity index (χ1n) is 7.35. The van der Waals surface area contributed by atoms with Gasteiger partial charge in [-0.05, 0) is 58.0 Å². The van der Waals surface area contributed by atoms with Crippen LogP contribution in [0.4, 0.5) is 10.1 Å². The lowest BCUT2D eigenvalue weighted by Gasteiger charge is -2.28. The first-order valence-corrected chi connectivity index (χ1v) is 7.35. The number of benzene rings is 1. The number of nitrogens with zero attached hydrogens (tertiary/aromatic N) is 1. The fraction of sp³-hybridized carbons (Fsp3) is 0.625. The molecule has 0 heterocycles. The van der Waals surface area contributed by atoms with Crippen LogP contribution in [0.1, 0.15) is 37.9 Å². The van der Waals surface area contributed by atoms with Gasteiger partial charge in [-0.2, -0.15) is 0 Å². The first kappa shape index (κ1) is 16.9. The van der Waals surface area contributed by atoms with E-state index in [1.54, 1.807) is 6.07 Å². The summed E-state index contributed by atoms with van der Waals surface area (Å²) in [5, 5.41) is 3.19. The molecule has 0 aliphatic rings. The summed E-state index contributed by atoms with van der Waals surface area (Å²) < 4.78 is 19.3. The molecule has 0 saturated carbocycles. The van der Waals surface area contributed by atoms with E-state index < -0.39 is 0 Å². The molecule has 0 saturated heterocycles. The molecule has 0 fully saturated rings. The average Bonchev–Trinajstić information content (AvgIpc) is 2.45. The highest BCUT2D eigenvalue weighted by atomic mass is 19.1. The lowest BCUT2D eigenvalue weighted by molar-refractivity contribution is 0.154. The molecule has 0 aliphatic carbocycles. The molecule has 1 aromatic carbocycles. The third kappa shape index (κ3) is 4.18. The minimum atomic E-state index is -0.147. The molecular formula is C16H27FN2O. The fourth-order valence-corrected chi connectivity index (χ4v) is 2.23. The average molecular weight is 282 g/mol. The van der Waals surface area contributed by atoms with E-state index in [1.807, 2.05) is 33.9 Å². The summed E-state index contributed by atoms with van der Waals surface area (Å²) in [5.41, 5.74) is 2.77. The van der Waals surface area contributed by atoms with E-state index in [2.05, 4.69) is 17.1 Å². The molecule has 20 heavy (non-hydrogen) atoms. The van der Waals surface area contributed by atoms with Gasteiger partial charge < -0.3 is 15.0 Å². The predicted molar refractivity (Wildman–Crippen MR) is 83.0 cm³/mol. The zero-order valence-electron chi connectivity index (χ0n) is 13.3. The van der Waals surface area contributed by atoms with Crippen molar-refractivity contribution in [3.8, 4) is 0 Å². The second-order valence-electron chi connectivity index (χ2n) is 4.95. The monoisotopic (exact) mass is 282 g/mol. The molecule has 0 aromatic heterocycles. The highest BCUT2D eigenvalue weighted by Gasteiger charge is 2.16. The number of likely N-dealkylation sites (N-methyl/N-ethyl adjacent to an activating group) is 1. The lowest BCUT2D eigenvalue weighted by Crippen LogP contribution is -2.29. The number of nitrogens with one attached hydrogen (secondary N) is 1. The maximum atomic E-state index is 13.9. The smallest absolute Gasteiger partial charge is 0.126 e. The van der Waals surface area contributed by atoms with E-state index in [4.69, 9.17) is 4.74 Å². The van der Waals surface area contributed by atoms with Gasteiger partial charge in [-0.1, -0.05) is 0 Å². The van der Waals surface area contributed by atoms with Crippen LogP contribution in [0.25, 0.3) is 0 Å². The Labute approximate surface area is 122 Å². The van der Waals surface area contributed by atoms with Gasteiger partial charge in [0.25, 0.3) is 0 Å². The quantitative estimate of drug-likeness (QED) is 0.741. The number of aryl methyl sites for hydroxylation is 1. The molecule has 1 atom stereocenters. The van der Waals surface area contributed by atoms with Gasteiger partial charge in [0.2, 0.25) is 0 Å². The molecule has 0 bridgehead atoms. The van der Waals surface area contributed by atoms with Gasteiger partial charge in [-0.3, -0.25) is 0 Å². The van der Waals surface area contributed by atoms with Gasteiger partial charge >= 0.3 is 0 Å². The molecule has 4 heteroatoms. The lowest BCUT2D eigenvalue weighted by atomic mass is 10.0. The minimum absolute atomic E-state index is 0.112. The number of rotatable bonds is 8. The highest BCUT2D eigenvalue weighted by Crippen LogP contribution is 2.29. The molecule has 3 nitrogen and oxygen atoms in total. The number of hydrogen-bond donors (Lipinski definition) is 1. The SMILES string of the molecule is CCOCCN(CC)c1cc(C)c(F)cc1C(C)NC. The van der Waals surface area contributed by atoms with Crippen molar-refractivity contribution >= 4 is 5.69 Å². The maximum absolute atomic E-state index is 13.9. The third-order valence-corrected chi connectivity index (χ3v) is 3.64. The molecule has 1 N–H and O–H groups in total. The van der Waals surface area contributed by atoms with E-state index in [9.17, 15) is 4.39 Å². The zero-order valence-corrected chi connectivity index (χ0v) is 13.3. The minimum Gasteiger partial charge on any atom is -0.380 e. The topological polar surface area (TPSA) is 24.5 Å². The van der Waals surface area contributed by atoms with Crippen LogP contribution in [-0.4, -0.2) is 33.4 Å². The molecule has 1 unspecified atom stereocenters. The van der Waals surface area contributed by atoms with Crippen molar-refractivity contribution in [1.82, 2.24) is 5.32 Å². The Bertz CT molecular complexity index is 423. The Morgan fingerprint density at radius 3 is 2.60 bits per heavy atom. The Balaban J connectivity index is 3.08. The summed E-state index contributed by atoms with van der Waals surface area (Å²) in [4.78, 5) is 2.24. The van der Waals surface area contributed by atoms with Crippen LogP contribution in [0.15, 0.2) is 12.1 Å². The van der Waals surface area contributed by atoms with Crippen molar-refractivity contribution in [2.24, 2.45) is 0 Å². The maximum Gasteiger partial charge on any atom is 0.126 e. The van der Waals surface area contributed by atoms with Gasteiger partial charge in [-0.25, -0.2) is 4.39 Å². The molecular weight excluding hydrogens is 255 g/mol. The number of halogens is 1. The van der Waals surface area contributed by atoms with Crippen LogP contribution < -0.4 is 10.2 Å².